The first-order valence-electron chi connectivity index (χ1n) is 7.50. The first-order chi connectivity index (χ1) is 9.22. The quantitative estimate of drug-likeness (QED) is 0.904. The largest absolute Gasteiger partial charge is 0.490 e. The lowest BCUT2D eigenvalue weighted by Gasteiger charge is -2.34. The van der Waals surface area contributed by atoms with E-state index >= 15 is 0 Å². The molecular weight excluding hydrogens is 236 g/mol. The van der Waals surface area contributed by atoms with Crippen molar-refractivity contribution >= 4 is 5.69 Å². The molecule has 1 fully saturated rings. The molecular formula is C16H24N2O. The second-order valence-corrected chi connectivity index (χ2v) is 5.94. The fourth-order valence-electron chi connectivity index (χ4n) is 3.06. The molecule has 1 aromatic carbocycles. The van der Waals surface area contributed by atoms with Gasteiger partial charge in [0, 0.05) is 31.4 Å². The molecule has 1 N–H and O–H groups in total. The molecule has 0 unspecified atom stereocenters. The van der Waals surface area contributed by atoms with Crippen molar-refractivity contribution in [3.8, 4) is 5.75 Å². The molecule has 3 heteroatoms. The molecule has 2 aliphatic rings. The molecule has 0 amide bonds. The van der Waals surface area contributed by atoms with Crippen molar-refractivity contribution in [1.29, 1.82) is 0 Å². The minimum Gasteiger partial charge on any atom is -0.490 e. The molecule has 2 heterocycles. The zero-order chi connectivity index (χ0) is 13.2. The first-order valence-corrected chi connectivity index (χ1v) is 7.50. The highest BCUT2D eigenvalue weighted by atomic mass is 16.5. The van der Waals surface area contributed by atoms with Crippen molar-refractivity contribution in [3.05, 3.63) is 23.8 Å². The van der Waals surface area contributed by atoms with Gasteiger partial charge in [-0.15, -0.1) is 0 Å². The summed E-state index contributed by atoms with van der Waals surface area (Å²) in [5.41, 5.74) is 2.68. The number of hydrogen-bond donors (Lipinski definition) is 1. The third kappa shape index (κ3) is 2.86. The highest BCUT2D eigenvalue weighted by Crippen LogP contribution is 2.28. The maximum absolute atomic E-state index is 6.15. The Hall–Kier alpha value is -1.22. The highest BCUT2D eigenvalue weighted by molar-refractivity contribution is 5.57. The number of piperidine rings is 1. The number of nitrogens with one attached hydrogen (secondary N) is 1. The summed E-state index contributed by atoms with van der Waals surface area (Å²) >= 11 is 0. The van der Waals surface area contributed by atoms with Crippen molar-refractivity contribution in [2.75, 3.05) is 25.0 Å². The van der Waals surface area contributed by atoms with Crippen LogP contribution in [-0.4, -0.2) is 36.7 Å². The standard InChI is InChI=1S/C16H24N2O/c1-12(2)18-9-6-14(7-10-18)19-15-3-4-16-13(11-15)5-8-17-16/h3-4,11-12,14,17H,5-10H2,1-2H3. The molecule has 19 heavy (non-hydrogen) atoms. The molecule has 0 saturated carbocycles. The minimum absolute atomic E-state index is 0.391. The summed E-state index contributed by atoms with van der Waals surface area (Å²) in [6, 6.07) is 7.13. The van der Waals surface area contributed by atoms with Gasteiger partial charge in [-0.2, -0.15) is 0 Å². The van der Waals surface area contributed by atoms with Gasteiger partial charge in [0.2, 0.25) is 0 Å². The van der Waals surface area contributed by atoms with E-state index in [0.717, 1.165) is 44.6 Å². The lowest BCUT2D eigenvalue weighted by Crippen LogP contribution is -2.41. The Morgan fingerprint density at radius 3 is 2.79 bits per heavy atom. The Labute approximate surface area is 115 Å². The second kappa shape index (κ2) is 5.41. The maximum atomic E-state index is 6.15. The van der Waals surface area contributed by atoms with Crippen LogP contribution >= 0.6 is 0 Å². The average Bonchev–Trinajstić information content (AvgIpc) is 2.87. The van der Waals surface area contributed by atoms with Gasteiger partial charge in [0.1, 0.15) is 11.9 Å². The summed E-state index contributed by atoms with van der Waals surface area (Å²) in [6.45, 7) is 7.93. The topological polar surface area (TPSA) is 24.5 Å². The van der Waals surface area contributed by atoms with Crippen molar-refractivity contribution in [3.63, 3.8) is 0 Å². The smallest absolute Gasteiger partial charge is 0.120 e. The van der Waals surface area contributed by atoms with E-state index < -0.39 is 0 Å². The summed E-state index contributed by atoms with van der Waals surface area (Å²) in [5.74, 6) is 1.05. The van der Waals surface area contributed by atoms with Crippen LogP contribution < -0.4 is 10.1 Å². The van der Waals surface area contributed by atoms with Crippen LogP contribution in [0.5, 0.6) is 5.75 Å². The Kier molecular flexibility index (Phi) is 3.65. The van der Waals surface area contributed by atoms with E-state index in [0.29, 0.717) is 12.1 Å². The average molecular weight is 260 g/mol. The SMILES string of the molecule is CC(C)N1CCC(Oc2ccc3c(c2)CCN3)CC1. The number of benzene rings is 1. The van der Waals surface area contributed by atoms with Crippen LogP contribution in [0, 0.1) is 0 Å². The van der Waals surface area contributed by atoms with E-state index in [1.165, 1.54) is 11.3 Å². The lowest BCUT2D eigenvalue weighted by atomic mass is 10.1. The number of nitrogens with zero attached hydrogens (tertiary/aromatic N) is 1. The molecule has 3 nitrogen and oxygen atoms in total. The molecule has 3 rings (SSSR count). The van der Waals surface area contributed by atoms with Crippen LogP contribution in [-0.2, 0) is 6.42 Å². The van der Waals surface area contributed by atoms with Gasteiger partial charge in [-0.05, 0) is 56.9 Å². The van der Waals surface area contributed by atoms with Crippen LogP contribution in [0.2, 0.25) is 0 Å². The van der Waals surface area contributed by atoms with Crippen molar-refractivity contribution in [1.82, 2.24) is 4.90 Å². The Morgan fingerprint density at radius 2 is 2.05 bits per heavy atom. The van der Waals surface area contributed by atoms with Gasteiger partial charge in [-0.25, -0.2) is 0 Å². The predicted molar refractivity (Wildman–Crippen MR) is 79.0 cm³/mol. The molecule has 2 aliphatic heterocycles. The Morgan fingerprint density at radius 1 is 1.26 bits per heavy atom. The summed E-state index contributed by atoms with van der Waals surface area (Å²) < 4.78 is 6.15. The summed E-state index contributed by atoms with van der Waals surface area (Å²) in [7, 11) is 0. The fraction of sp³-hybridized carbons (Fsp3) is 0.625. The van der Waals surface area contributed by atoms with Gasteiger partial charge in [-0.3, -0.25) is 0 Å². The summed E-state index contributed by atoms with van der Waals surface area (Å²) in [5, 5.41) is 3.39. The number of anilines is 1. The lowest BCUT2D eigenvalue weighted by molar-refractivity contribution is 0.0843. The number of rotatable bonds is 3. The zero-order valence-corrected chi connectivity index (χ0v) is 12.0. The van der Waals surface area contributed by atoms with Gasteiger partial charge < -0.3 is 15.0 Å². The molecule has 1 saturated heterocycles. The molecule has 0 atom stereocenters. The number of hydrogen-bond acceptors (Lipinski definition) is 3. The predicted octanol–water partition coefficient (Wildman–Crippen LogP) is 2.91. The van der Waals surface area contributed by atoms with Crippen LogP contribution in [0.4, 0.5) is 5.69 Å². The van der Waals surface area contributed by atoms with E-state index in [-0.39, 0.29) is 0 Å². The number of ether oxygens (including phenoxy) is 1. The Bertz CT molecular complexity index is 436. The van der Waals surface area contributed by atoms with E-state index in [9.17, 15) is 0 Å². The first kappa shape index (κ1) is 12.8. The molecule has 0 aliphatic carbocycles. The molecule has 0 aromatic heterocycles. The minimum atomic E-state index is 0.391. The van der Waals surface area contributed by atoms with Gasteiger partial charge in [-0.1, -0.05) is 0 Å². The third-order valence-electron chi connectivity index (χ3n) is 4.30. The normalized spacial score (nSPS) is 20.4. The fourth-order valence-corrected chi connectivity index (χ4v) is 3.06. The highest BCUT2D eigenvalue weighted by Gasteiger charge is 2.22. The number of likely N-dealkylation sites (tertiary alicyclic amines) is 1. The molecule has 0 bridgehead atoms. The van der Waals surface area contributed by atoms with Gasteiger partial charge >= 0.3 is 0 Å². The molecule has 104 valence electrons. The summed E-state index contributed by atoms with van der Waals surface area (Å²) in [4.78, 5) is 2.53. The van der Waals surface area contributed by atoms with Crippen LogP contribution in [0.15, 0.2) is 18.2 Å². The van der Waals surface area contributed by atoms with Crippen LogP contribution in [0.3, 0.4) is 0 Å². The van der Waals surface area contributed by atoms with E-state index in [4.69, 9.17) is 4.74 Å². The second-order valence-electron chi connectivity index (χ2n) is 5.94. The van der Waals surface area contributed by atoms with Gasteiger partial charge in [0.05, 0.1) is 0 Å². The molecule has 0 radical (unpaired) electrons. The van der Waals surface area contributed by atoms with Crippen molar-refractivity contribution in [2.24, 2.45) is 0 Å². The van der Waals surface area contributed by atoms with Crippen LogP contribution in [0.1, 0.15) is 32.3 Å². The van der Waals surface area contributed by atoms with Crippen molar-refractivity contribution in [2.45, 2.75) is 45.3 Å². The van der Waals surface area contributed by atoms with Gasteiger partial charge in [0.25, 0.3) is 0 Å². The van der Waals surface area contributed by atoms with Crippen molar-refractivity contribution < 1.29 is 4.74 Å². The summed E-state index contributed by atoms with van der Waals surface area (Å²) in [6.07, 6.45) is 3.81. The van der Waals surface area contributed by atoms with E-state index in [1.54, 1.807) is 0 Å². The molecule has 1 aromatic rings. The van der Waals surface area contributed by atoms with E-state index in [1.807, 2.05) is 0 Å². The maximum Gasteiger partial charge on any atom is 0.120 e. The van der Waals surface area contributed by atoms with Crippen LogP contribution in [0.25, 0.3) is 0 Å². The Balaban J connectivity index is 1.58. The third-order valence-corrected chi connectivity index (χ3v) is 4.30. The van der Waals surface area contributed by atoms with Gasteiger partial charge in [0.15, 0.2) is 0 Å². The van der Waals surface area contributed by atoms with E-state index in [2.05, 4.69) is 42.3 Å². The number of fused-ring (bicyclic) bond motifs is 1. The zero-order valence-electron chi connectivity index (χ0n) is 12.0. The molecule has 0 spiro atoms. The monoisotopic (exact) mass is 260 g/mol.